The van der Waals surface area contributed by atoms with Crippen molar-refractivity contribution in [1.29, 1.82) is 0 Å². The van der Waals surface area contributed by atoms with Gasteiger partial charge in [0.15, 0.2) is 0 Å². The molecule has 0 unspecified atom stereocenters. The minimum absolute atomic E-state index is 0.179. The van der Waals surface area contributed by atoms with Crippen molar-refractivity contribution in [2.75, 3.05) is 18.2 Å². The summed E-state index contributed by atoms with van der Waals surface area (Å²) in [6, 6.07) is 8.09. The van der Waals surface area contributed by atoms with Crippen LogP contribution < -0.4 is 9.62 Å². The minimum atomic E-state index is -3.61. The standard InChI is InChI=1S/C19H22FN3O3S/c1-13(2)23(3)17-11-14(5-10-18(24)22-27(4,25)26)12-21-19(17)15-6-8-16(20)9-7-15/h5-13H,1-4H3,(H,22,24)/b10-5+. The van der Waals surface area contributed by atoms with E-state index in [2.05, 4.69) is 4.98 Å². The molecular weight excluding hydrogens is 369 g/mol. The van der Waals surface area contributed by atoms with Crippen molar-refractivity contribution in [3.05, 3.63) is 54.0 Å². The van der Waals surface area contributed by atoms with E-state index in [4.69, 9.17) is 0 Å². The molecule has 1 N–H and O–H groups in total. The molecule has 1 heterocycles. The fourth-order valence-electron chi connectivity index (χ4n) is 2.33. The molecule has 0 aliphatic heterocycles. The molecule has 0 aliphatic carbocycles. The first-order chi connectivity index (χ1) is 12.6. The van der Waals surface area contributed by atoms with E-state index in [1.807, 2.05) is 36.6 Å². The first-order valence-corrected chi connectivity index (χ1v) is 10.1. The lowest BCUT2D eigenvalue weighted by atomic mass is 10.1. The van der Waals surface area contributed by atoms with Crippen LogP contribution in [0.4, 0.5) is 10.1 Å². The van der Waals surface area contributed by atoms with E-state index in [1.54, 1.807) is 18.3 Å². The van der Waals surface area contributed by atoms with Crippen molar-refractivity contribution in [1.82, 2.24) is 9.71 Å². The quantitative estimate of drug-likeness (QED) is 0.766. The van der Waals surface area contributed by atoms with Gasteiger partial charge < -0.3 is 4.90 Å². The van der Waals surface area contributed by atoms with Crippen LogP contribution in [-0.2, 0) is 14.8 Å². The van der Waals surface area contributed by atoms with Gasteiger partial charge >= 0.3 is 0 Å². The van der Waals surface area contributed by atoms with Crippen LogP contribution in [-0.4, -0.2) is 38.7 Å². The third kappa shape index (κ3) is 5.89. The number of nitrogens with zero attached hydrogens (tertiary/aromatic N) is 2. The molecule has 0 spiro atoms. The van der Waals surface area contributed by atoms with Crippen LogP contribution in [0.15, 0.2) is 42.6 Å². The number of rotatable bonds is 6. The Hall–Kier alpha value is -2.74. The van der Waals surface area contributed by atoms with E-state index in [-0.39, 0.29) is 11.9 Å². The summed E-state index contributed by atoms with van der Waals surface area (Å²) in [6.07, 6.45) is 5.10. The predicted octanol–water partition coefficient (Wildman–Crippen LogP) is 2.82. The number of hydrogen-bond donors (Lipinski definition) is 1. The van der Waals surface area contributed by atoms with E-state index >= 15 is 0 Å². The highest BCUT2D eigenvalue weighted by molar-refractivity contribution is 7.89. The van der Waals surface area contributed by atoms with Gasteiger partial charge in [-0.1, -0.05) is 0 Å². The summed E-state index contributed by atoms with van der Waals surface area (Å²) in [5.74, 6) is -1.06. The number of carbonyl (C=O) groups is 1. The highest BCUT2D eigenvalue weighted by Crippen LogP contribution is 2.30. The van der Waals surface area contributed by atoms with Crippen LogP contribution in [0, 0.1) is 5.82 Å². The van der Waals surface area contributed by atoms with Gasteiger partial charge in [-0.3, -0.25) is 9.78 Å². The molecule has 6 nitrogen and oxygen atoms in total. The number of aromatic nitrogens is 1. The molecule has 144 valence electrons. The second-order valence-corrected chi connectivity index (χ2v) is 8.17. The normalized spacial score (nSPS) is 11.8. The van der Waals surface area contributed by atoms with E-state index in [1.165, 1.54) is 18.2 Å². The molecule has 1 aromatic heterocycles. The molecule has 0 atom stereocenters. The Bertz CT molecular complexity index is 955. The number of halogens is 1. The molecule has 0 saturated carbocycles. The molecule has 0 aliphatic rings. The second-order valence-electron chi connectivity index (χ2n) is 6.42. The Morgan fingerprint density at radius 3 is 2.44 bits per heavy atom. The van der Waals surface area contributed by atoms with E-state index in [9.17, 15) is 17.6 Å². The molecule has 0 saturated heterocycles. The average molecular weight is 391 g/mol. The van der Waals surface area contributed by atoms with Crippen LogP contribution in [0.3, 0.4) is 0 Å². The van der Waals surface area contributed by atoms with E-state index in [0.29, 0.717) is 11.3 Å². The fourth-order valence-corrected chi connectivity index (χ4v) is 2.76. The van der Waals surface area contributed by atoms with Gasteiger partial charge in [-0.2, -0.15) is 0 Å². The maximum Gasteiger partial charge on any atom is 0.257 e. The molecule has 1 aromatic carbocycles. The maximum atomic E-state index is 13.2. The van der Waals surface area contributed by atoms with Crippen molar-refractivity contribution in [2.24, 2.45) is 0 Å². The number of carbonyl (C=O) groups excluding carboxylic acids is 1. The van der Waals surface area contributed by atoms with Crippen molar-refractivity contribution in [3.8, 4) is 11.3 Å². The van der Waals surface area contributed by atoms with E-state index < -0.39 is 15.9 Å². The Morgan fingerprint density at radius 2 is 1.89 bits per heavy atom. The lowest BCUT2D eigenvalue weighted by molar-refractivity contribution is -0.114. The number of amides is 1. The van der Waals surface area contributed by atoms with Crippen LogP contribution in [0.2, 0.25) is 0 Å². The Kier molecular flexibility index (Phi) is 6.32. The SMILES string of the molecule is CC(C)N(C)c1cc(/C=C/C(=O)NS(C)(=O)=O)cnc1-c1ccc(F)cc1. The van der Waals surface area contributed by atoms with Crippen LogP contribution >= 0.6 is 0 Å². The van der Waals surface area contributed by atoms with Crippen molar-refractivity contribution in [2.45, 2.75) is 19.9 Å². The molecule has 27 heavy (non-hydrogen) atoms. The molecule has 0 bridgehead atoms. The monoisotopic (exact) mass is 391 g/mol. The predicted molar refractivity (Wildman–Crippen MR) is 105 cm³/mol. The van der Waals surface area contributed by atoms with Gasteiger partial charge in [0.05, 0.1) is 17.6 Å². The summed E-state index contributed by atoms with van der Waals surface area (Å²) in [4.78, 5) is 18.1. The third-order valence-corrected chi connectivity index (χ3v) is 4.45. The van der Waals surface area contributed by atoms with E-state index in [0.717, 1.165) is 23.6 Å². The van der Waals surface area contributed by atoms with Crippen molar-refractivity contribution >= 4 is 27.7 Å². The lowest BCUT2D eigenvalue weighted by Crippen LogP contribution is -2.27. The summed E-state index contributed by atoms with van der Waals surface area (Å²) in [5, 5.41) is 0. The fraction of sp³-hybridized carbons (Fsp3) is 0.263. The number of anilines is 1. The number of benzene rings is 1. The zero-order valence-corrected chi connectivity index (χ0v) is 16.4. The number of sulfonamides is 1. The molecular formula is C19H22FN3O3S. The Labute approximate surface area is 158 Å². The highest BCUT2D eigenvalue weighted by Gasteiger charge is 2.14. The molecule has 0 radical (unpaired) electrons. The van der Waals surface area contributed by atoms with Crippen molar-refractivity contribution < 1.29 is 17.6 Å². The third-order valence-electron chi connectivity index (χ3n) is 3.87. The Morgan fingerprint density at radius 1 is 1.26 bits per heavy atom. The largest absolute Gasteiger partial charge is 0.370 e. The first kappa shape index (κ1) is 20.6. The summed E-state index contributed by atoms with van der Waals surface area (Å²) >= 11 is 0. The lowest BCUT2D eigenvalue weighted by Gasteiger charge is -2.26. The van der Waals surface area contributed by atoms with Gasteiger partial charge in [0.2, 0.25) is 10.0 Å². The maximum absolute atomic E-state index is 13.2. The summed E-state index contributed by atoms with van der Waals surface area (Å²) < 4.78 is 37.3. The highest BCUT2D eigenvalue weighted by atomic mass is 32.2. The Balaban J connectivity index is 2.41. The number of nitrogens with one attached hydrogen (secondary N) is 1. The van der Waals surface area contributed by atoms with Crippen molar-refractivity contribution in [3.63, 3.8) is 0 Å². The first-order valence-electron chi connectivity index (χ1n) is 8.25. The summed E-state index contributed by atoms with van der Waals surface area (Å²) in [7, 11) is -1.70. The molecule has 0 fully saturated rings. The summed E-state index contributed by atoms with van der Waals surface area (Å²) in [6.45, 7) is 4.05. The zero-order chi connectivity index (χ0) is 20.2. The van der Waals surface area contributed by atoms with Crippen LogP contribution in [0.5, 0.6) is 0 Å². The number of hydrogen-bond acceptors (Lipinski definition) is 5. The van der Waals surface area contributed by atoms with Gasteiger partial charge in [-0.05, 0) is 55.8 Å². The zero-order valence-electron chi connectivity index (χ0n) is 15.6. The van der Waals surface area contributed by atoms with Gasteiger partial charge in [0, 0.05) is 30.9 Å². The van der Waals surface area contributed by atoms with Gasteiger partial charge in [-0.25, -0.2) is 17.5 Å². The van der Waals surface area contributed by atoms with Gasteiger partial charge in [0.1, 0.15) is 5.82 Å². The van der Waals surface area contributed by atoms with Crippen LogP contribution in [0.1, 0.15) is 19.4 Å². The minimum Gasteiger partial charge on any atom is -0.370 e. The molecule has 2 aromatic rings. The number of pyridine rings is 1. The average Bonchev–Trinajstić information content (AvgIpc) is 2.58. The van der Waals surface area contributed by atoms with Crippen LogP contribution in [0.25, 0.3) is 17.3 Å². The van der Waals surface area contributed by atoms with Gasteiger partial charge in [0.25, 0.3) is 5.91 Å². The summed E-state index contributed by atoms with van der Waals surface area (Å²) in [5.41, 5.74) is 2.89. The smallest absolute Gasteiger partial charge is 0.257 e. The molecule has 2 rings (SSSR count). The topological polar surface area (TPSA) is 79.4 Å². The molecule has 8 heteroatoms. The molecule has 1 amide bonds. The second kappa shape index (κ2) is 8.30. The van der Waals surface area contributed by atoms with Gasteiger partial charge in [-0.15, -0.1) is 0 Å².